The Morgan fingerprint density at radius 2 is 2.11 bits per heavy atom. The van der Waals surface area contributed by atoms with E-state index < -0.39 is 0 Å². The highest BCUT2D eigenvalue weighted by atomic mass is 32.2. The molecule has 0 spiro atoms. The van der Waals surface area contributed by atoms with Gasteiger partial charge in [-0.1, -0.05) is 26.0 Å². The summed E-state index contributed by atoms with van der Waals surface area (Å²) in [4.78, 5) is 11.8. The number of para-hydroxylation sites is 2. The SMILES string of the molecule is CCOc1ccccc1NC(=O)CSCCC(C)C. The molecule has 1 rings (SSSR count). The van der Waals surface area contributed by atoms with Gasteiger partial charge < -0.3 is 10.1 Å². The van der Waals surface area contributed by atoms with Crippen LogP contribution in [0.4, 0.5) is 5.69 Å². The van der Waals surface area contributed by atoms with Gasteiger partial charge in [0.05, 0.1) is 18.0 Å². The fraction of sp³-hybridized carbons (Fsp3) is 0.533. The van der Waals surface area contributed by atoms with Crippen molar-refractivity contribution in [3.63, 3.8) is 0 Å². The van der Waals surface area contributed by atoms with Gasteiger partial charge in [0.2, 0.25) is 5.91 Å². The van der Waals surface area contributed by atoms with E-state index in [4.69, 9.17) is 4.74 Å². The highest BCUT2D eigenvalue weighted by Crippen LogP contribution is 2.23. The molecule has 0 fully saturated rings. The van der Waals surface area contributed by atoms with Crippen molar-refractivity contribution in [3.8, 4) is 5.75 Å². The standard InChI is InChI=1S/C15H23NO2S/c1-4-18-14-8-6-5-7-13(14)16-15(17)11-19-10-9-12(2)3/h5-8,12H,4,9-11H2,1-3H3,(H,16,17). The third kappa shape index (κ3) is 6.53. The first-order valence-electron chi connectivity index (χ1n) is 6.73. The molecule has 0 atom stereocenters. The van der Waals surface area contributed by atoms with Crippen molar-refractivity contribution in [2.24, 2.45) is 5.92 Å². The number of hydrogen-bond acceptors (Lipinski definition) is 3. The molecule has 0 aliphatic carbocycles. The summed E-state index contributed by atoms with van der Waals surface area (Å²) in [5.41, 5.74) is 0.749. The third-order valence-corrected chi connectivity index (χ3v) is 3.52. The lowest BCUT2D eigenvalue weighted by Crippen LogP contribution is -2.15. The summed E-state index contributed by atoms with van der Waals surface area (Å²) in [6, 6.07) is 7.52. The van der Waals surface area contributed by atoms with Gasteiger partial charge in [0.25, 0.3) is 0 Å². The highest BCUT2D eigenvalue weighted by Gasteiger charge is 2.07. The van der Waals surface area contributed by atoms with Crippen LogP contribution in [-0.4, -0.2) is 24.0 Å². The van der Waals surface area contributed by atoms with Crippen molar-refractivity contribution in [1.29, 1.82) is 0 Å². The topological polar surface area (TPSA) is 38.3 Å². The molecule has 0 aliphatic rings. The summed E-state index contributed by atoms with van der Waals surface area (Å²) in [6.45, 7) is 6.91. The Balaban J connectivity index is 2.39. The first kappa shape index (κ1) is 15.9. The first-order chi connectivity index (χ1) is 9.13. The minimum absolute atomic E-state index is 0.0286. The van der Waals surface area contributed by atoms with E-state index in [-0.39, 0.29) is 5.91 Å². The molecule has 0 aromatic heterocycles. The van der Waals surface area contributed by atoms with Crippen molar-refractivity contribution in [2.45, 2.75) is 27.2 Å². The number of ether oxygens (including phenoxy) is 1. The molecule has 0 aliphatic heterocycles. The maximum atomic E-state index is 11.8. The zero-order chi connectivity index (χ0) is 14.1. The van der Waals surface area contributed by atoms with Crippen LogP contribution in [0.25, 0.3) is 0 Å². The van der Waals surface area contributed by atoms with Gasteiger partial charge >= 0.3 is 0 Å². The van der Waals surface area contributed by atoms with Crippen LogP contribution >= 0.6 is 11.8 Å². The number of nitrogens with one attached hydrogen (secondary N) is 1. The number of rotatable bonds is 8. The van der Waals surface area contributed by atoms with E-state index >= 15 is 0 Å². The Morgan fingerprint density at radius 3 is 2.79 bits per heavy atom. The highest BCUT2D eigenvalue weighted by molar-refractivity contribution is 7.99. The van der Waals surface area contributed by atoms with Gasteiger partial charge in [0, 0.05) is 0 Å². The molecule has 1 N–H and O–H groups in total. The van der Waals surface area contributed by atoms with Gasteiger partial charge in [0.1, 0.15) is 5.75 Å². The number of carbonyl (C=O) groups is 1. The number of benzene rings is 1. The molecule has 0 saturated heterocycles. The summed E-state index contributed by atoms with van der Waals surface area (Å²) in [5.74, 6) is 2.96. The van der Waals surface area contributed by atoms with Gasteiger partial charge in [-0.25, -0.2) is 0 Å². The predicted octanol–water partition coefficient (Wildman–Crippen LogP) is 3.80. The maximum Gasteiger partial charge on any atom is 0.234 e. The molecule has 0 bridgehead atoms. The molecular weight excluding hydrogens is 258 g/mol. The van der Waals surface area contributed by atoms with Crippen LogP contribution in [-0.2, 0) is 4.79 Å². The molecule has 0 saturated carbocycles. The molecule has 3 nitrogen and oxygen atoms in total. The van der Waals surface area contributed by atoms with E-state index in [9.17, 15) is 4.79 Å². The summed E-state index contributed by atoms with van der Waals surface area (Å²) in [5, 5.41) is 2.90. The van der Waals surface area contributed by atoms with Gasteiger partial charge in [-0.3, -0.25) is 4.79 Å². The van der Waals surface area contributed by atoms with Crippen LogP contribution in [0.5, 0.6) is 5.75 Å². The summed E-state index contributed by atoms with van der Waals surface area (Å²) in [6.07, 6.45) is 1.15. The maximum absolute atomic E-state index is 11.8. The summed E-state index contributed by atoms with van der Waals surface area (Å²) < 4.78 is 5.47. The molecule has 0 unspecified atom stereocenters. The van der Waals surface area contributed by atoms with Crippen molar-refractivity contribution < 1.29 is 9.53 Å². The molecule has 19 heavy (non-hydrogen) atoms. The lowest BCUT2D eigenvalue weighted by molar-refractivity contribution is -0.113. The molecule has 106 valence electrons. The van der Waals surface area contributed by atoms with Gasteiger partial charge in [-0.2, -0.15) is 11.8 Å². The Kier molecular flexibility index (Phi) is 7.41. The number of hydrogen-bond donors (Lipinski definition) is 1. The third-order valence-electron chi connectivity index (χ3n) is 2.53. The minimum Gasteiger partial charge on any atom is -0.492 e. The fourth-order valence-electron chi connectivity index (χ4n) is 1.52. The second-order valence-electron chi connectivity index (χ2n) is 4.71. The molecule has 1 aromatic carbocycles. The Labute approximate surface area is 120 Å². The smallest absolute Gasteiger partial charge is 0.234 e. The normalized spacial score (nSPS) is 10.5. The minimum atomic E-state index is 0.0286. The lowest BCUT2D eigenvalue weighted by Gasteiger charge is -2.11. The molecule has 0 heterocycles. The Bertz CT molecular complexity index is 393. The van der Waals surface area contributed by atoms with E-state index in [0.29, 0.717) is 18.3 Å². The van der Waals surface area contributed by atoms with Crippen molar-refractivity contribution in [2.75, 3.05) is 23.4 Å². The van der Waals surface area contributed by atoms with Crippen LogP contribution in [0.2, 0.25) is 0 Å². The number of amides is 1. The zero-order valence-electron chi connectivity index (χ0n) is 11.9. The van der Waals surface area contributed by atoms with E-state index in [0.717, 1.165) is 23.6 Å². The molecule has 1 aromatic rings. The Hall–Kier alpha value is -1.16. The number of thioether (sulfide) groups is 1. The lowest BCUT2D eigenvalue weighted by atomic mass is 10.2. The second-order valence-corrected chi connectivity index (χ2v) is 5.82. The molecular formula is C15H23NO2S. The van der Waals surface area contributed by atoms with Crippen molar-refractivity contribution in [3.05, 3.63) is 24.3 Å². The zero-order valence-corrected chi connectivity index (χ0v) is 12.8. The van der Waals surface area contributed by atoms with E-state index in [1.54, 1.807) is 11.8 Å². The van der Waals surface area contributed by atoms with Crippen LogP contribution in [0.15, 0.2) is 24.3 Å². The molecule has 0 radical (unpaired) electrons. The number of anilines is 1. The summed E-state index contributed by atoms with van der Waals surface area (Å²) >= 11 is 1.68. The van der Waals surface area contributed by atoms with Crippen molar-refractivity contribution >= 4 is 23.4 Å². The molecule has 4 heteroatoms. The van der Waals surface area contributed by atoms with E-state index in [2.05, 4.69) is 19.2 Å². The van der Waals surface area contributed by atoms with E-state index in [1.165, 1.54) is 0 Å². The van der Waals surface area contributed by atoms with Crippen LogP contribution < -0.4 is 10.1 Å². The molecule has 1 amide bonds. The Morgan fingerprint density at radius 1 is 1.37 bits per heavy atom. The number of carbonyl (C=O) groups excluding carboxylic acids is 1. The van der Waals surface area contributed by atoms with Crippen molar-refractivity contribution in [1.82, 2.24) is 0 Å². The summed E-state index contributed by atoms with van der Waals surface area (Å²) in [7, 11) is 0. The first-order valence-corrected chi connectivity index (χ1v) is 7.88. The predicted molar refractivity (Wildman–Crippen MR) is 83.0 cm³/mol. The average Bonchev–Trinajstić information content (AvgIpc) is 2.37. The van der Waals surface area contributed by atoms with Crippen LogP contribution in [0.3, 0.4) is 0 Å². The van der Waals surface area contributed by atoms with Crippen LogP contribution in [0, 0.1) is 5.92 Å². The largest absolute Gasteiger partial charge is 0.492 e. The monoisotopic (exact) mass is 281 g/mol. The fourth-order valence-corrected chi connectivity index (χ4v) is 2.56. The second kappa shape index (κ2) is 8.86. The van der Waals surface area contributed by atoms with Gasteiger partial charge in [-0.05, 0) is 37.1 Å². The quantitative estimate of drug-likeness (QED) is 0.736. The van der Waals surface area contributed by atoms with Crippen LogP contribution in [0.1, 0.15) is 27.2 Å². The van der Waals surface area contributed by atoms with E-state index in [1.807, 2.05) is 31.2 Å². The van der Waals surface area contributed by atoms with Gasteiger partial charge in [-0.15, -0.1) is 0 Å². The average molecular weight is 281 g/mol. The van der Waals surface area contributed by atoms with Gasteiger partial charge in [0.15, 0.2) is 0 Å².